The van der Waals surface area contributed by atoms with Crippen LogP contribution in [0.5, 0.6) is 0 Å². The summed E-state index contributed by atoms with van der Waals surface area (Å²) in [6, 6.07) is -0.662. The summed E-state index contributed by atoms with van der Waals surface area (Å²) in [4.78, 5) is 10.1. The fourth-order valence-corrected chi connectivity index (χ4v) is 0.548. The van der Waals surface area contributed by atoms with Gasteiger partial charge in [0.15, 0.2) is 0 Å². The predicted octanol–water partition coefficient (Wildman–Crippen LogP) is -0.236. The normalized spacial score (nSPS) is 11.8. The average molecular weight is 149 g/mol. The smallest absolute Gasteiger partial charge is 0.320 e. The first-order valence-electron chi connectivity index (χ1n) is 3.17. The van der Waals surface area contributed by atoms with E-state index in [2.05, 4.69) is 0 Å². The quantitative estimate of drug-likeness (QED) is 0.577. The van der Waals surface area contributed by atoms with Gasteiger partial charge in [0.2, 0.25) is 0 Å². The molecule has 0 aliphatic heterocycles. The number of unbranched alkanes of at least 4 members (excludes halogenated alkanes) is 1. The number of nitrogens with two attached hydrogens (primary N) is 1. The zero-order valence-corrected chi connectivity index (χ0v) is 6.13. The van der Waals surface area contributed by atoms with Crippen molar-refractivity contribution >= 4 is 5.97 Å². The number of hydrogen-bond donors (Lipinski definition) is 2. The van der Waals surface area contributed by atoms with Crippen molar-refractivity contribution in [3.8, 4) is 0 Å². The molecule has 0 saturated heterocycles. The second-order valence-corrected chi connectivity index (χ2v) is 2.09. The average Bonchev–Trinajstić information content (AvgIpc) is 1.82. The molecular weight excluding hydrogens is 134 g/mol. The maximum Gasteiger partial charge on any atom is 0.320 e. The summed E-state index contributed by atoms with van der Waals surface area (Å²) in [5, 5.41) is 8.28. The number of carboxylic acid groups (broad SMARTS) is 1. The van der Waals surface area contributed by atoms with Crippen molar-refractivity contribution in [3.05, 3.63) is 0 Å². The van der Waals surface area contributed by atoms with E-state index in [0.29, 0.717) is 6.42 Å². The molecule has 0 unspecified atom stereocenters. The molecule has 0 rings (SSSR count). The van der Waals surface area contributed by atoms with Crippen molar-refractivity contribution in [2.24, 2.45) is 5.73 Å². The molecule has 0 aromatic rings. The van der Waals surface area contributed by atoms with Crippen LogP contribution in [0.1, 0.15) is 26.2 Å². The van der Waals surface area contributed by atoms with Gasteiger partial charge in [0, 0.05) is 0 Å². The van der Waals surface area contributed by atoms with Gasteiger partial charge in [0.1, 0.15) is 6.04 Å². The van der Waals surface area contributed by atoms with E-state index in [9.17, 15) is 4.79 Å². The molecular formula is C6H15NO3. The molecule has 0 fully saturated rings. The summed E-state index contributed by atoms with van der Waals surface area (Å²) in [6.45, 7) is 2.01. The van der Waals surface area contributed by atoms with E-state index in [0.717, 1.165) is 12.8 Å². The fourth-order valence-electron chi connectivity index (χ4n) is 0.548. The molecule has 0 saturated carbocycles. The first kappa shape index (κ1) is 12.1. The first-order valence-corrected chi connectivity index (χ1v) is 3.17. The van der Waals surface area contributed by atoms with Crippen LogP contribution in [-0.4, -0.2) is 22.6 Å². The number of carbonyl (C=O) groups is 1. The highest BCUT2D eigenvalue weighted by molar-refractivity contribution is 5.72. The van der Waals surface area contributed by atoms with E-state index in [-0.39, 0.29) is 5.48 Å². The number of rotatable bonds is 4. The van der Waals surface area contributed by atoms with E-state index in [1.807, 2.05) is 6.92 Å². The Hall–Kier alpha value is -0.610. The standard InChI is InChI=1S/C6H13NO2.H2O/c1-2-3-4-5(7)6(8)9;/h5H,2-4,7H2,1H3,(H,8,9);1H2/t5-;/m0./s1. The molecule has 0 spiro atoms. The van der Waals surface area contributed by atoms with Crippen molar-refractivity contribution in [2.75, 3.05) is 0 Å². The van der Waals surface area contributed by atoms with Crippen molar-refractivity contribution in [3.63, 3.8) is 0 Å². The minimum Gasteiger partial charge on any atom is -0.480 e. The molecule has 4 nitrogen and oxygen atoms in total. The summed E-state index contributed by atoms with van der Waals surface area (Å²) in [5.41, 5.74) is 5.20. The second-order valence-electron chi connectivity index (χ2n) is 2.09. The van der Waals surface area contributed by atoms with Crippen LogP contribution in [0.15, 0.2) is 0 Å². The van der Waals surface area contributed by atoms with Gasteiger partial charge in [-0.15, -0.1) is 0 Å². The zero-order valence-electron chi connectivity index (χ0n) is 6.13. The molecule has 0 amide bonds. The molecule has 10 heavy (non-hydrogen) atoms. The number of aliphatic carboxylic acids is 1. The third-order valence-electron chi connectivity index (χ3n) is 1.19. The molecule has 0 aliphatic carbocycles. The topological polar surface area (TPSA) is 94.8 Å². The number of hydrogen-bond acceptors (Lipinski definition) is 2. The highest BCUT2D eigenvalue weighted by Gasteiger charge is 2.08. The molecule has 0 radical (unpaired) electrons. The van der Waals surface area contributed by atoms with Crippen LogP contribution in [0, 0.1) is 0 Å². The van der Waals surface area contributed by atoms with Gasteiger partial charge in [-0.25, -0.2) is 0 Å². The lowest BCUT2D eigenvalue weighted by molar-refractivity contribution is -0.138. The lowest BCUT2D eigenvalue weighted by Crippen LogP contribution is -2.29. The van der Waals surface area contributed by atoms with Crippen LogP contribution in [-0.2, 0) is 4.79 Å². The predicted molar refractivity (Wildman–Crippen MR) is 38.7 cm³/mol. The SMILES string of the molecule is CCCC[C@H](N)C(=O)O.O. The Morgan fingerprint density at radius 1 is 1.70 bits per heavy atom. The van der Waals surface area contributed by atoms with Crippen LogP contribution in [0.3, 0.4) is 0 Å². The monoisotopic (exact) mass is 149 g/mol. The Morgan fingerprint density at radius 2 is 2.20 bits per heavy atom. The summed E-state index contributed by atoms with van der Waals surface area (Å²) >= 11 is 0. The Labute approximate surface area is 60.3 Å². The maximum atomic E-state index is 10.1. The van der Waals surface area contributed by atoms with Crippen molar-refractivity contribution in [2.45, 2.75) is 32.2 Å². The maximum absolute atomic E-state index is 10.1. The van der Waals surface area contributed by atoms with Crippen LogP contribution < -0.4 is 5.73 Å². The van der Waals surface area contributed by atoms with Crippen LogP contribution in [0.2, 0.25) is 0 Å². The first-order chi connectivity index (χ1) is 4.18. The Balaban J connectivity index is 0. The van der Waals surface area contributed by atoms with Gasteiger partial charge in [0.25, 0.3) is 0 Å². The molecule has 0 aromatic carbocycles. The molecule has 62 valence electrons. The summed E-state index contributed by atoms with van der Waals surface area (Å²) < 4.78 is 0. The molecule has 0 aromatic heterocycles. The largest absolute Gasteiger partial charge is 0.480 e. The minimum atomic E-state index is -0.900. The summed E-state index contributed by atoms with van der Waals surface area (Å²) in [6.07, 6.45) is 2.49. The van der Waals surface area contributed by atoms with Gasteiger partial charge in [-0.1, -0.05) is 19.8 Å². The fraction of sp³-hybridized carbons (Fsp3) is 0.833. The van der Waals surface area contributed by atoms with Crippen molar-refractivity contribution in [1.82, 2.24) is 0 Å². The van der Waals surface area contributed by atoms with E-state index in [4.69, 9.17) is 10.8 Å². The van der Waals surface area contributed by atoms with Crippen LogP contribution in [0.4, 0.5) is 0 Å². The summed E-state index contributed by atoms with van der Waals surface area (Å²) in [5.74, 6) is -0.900. The van der Waals surface area contributed by atoms with Gasteiger partial charge in [-0.05, 0) is 6.42 Å². The Kier molecular flexibility index (Phi) is 7.88. The molecule has 5 N–H and O–H groups in total. The van der Waals surface area contributed by atoms with Crippen LogP contribution >= 0.6 is 0 Å². The third-order valence-corrected chi connectivity index (χ3v) is 1.19. The molecule has 1 atom stereocenters. The van der Waals surface area contributed by atoms with Gasteiger partial charge >= 0.3 is 5.97 Å². The van der Waals surface area contributed by atoms with E-state index in [1.165, 1.54) is 0 Å². The van der Waals surface area contributed by atoms with Gasteiger partial charge in [-0.2, -0.15) is 0 Å². The third kappa shape index (κ3) is 5.53. The lowest BCUT2D eigenvalue weighted by Gasteiger charge is -2.02. The Bertz CT molecular complexity index is 95.0. The molecule has 4 heteroatoms. The lowest BCUT2D eigenvalue weighted by atomic mass is 10.1. The van der Waals surface area contributed by atoms with E-state index in [1.54, 1.807) is 0 Å². The van der Waals surface area contributed by atoms with Gasteiger partial charge < -0.3 is 16.3 Å². The van der Waals surface area contributed by atoms with E-state index < -0.39 is 12.0 Å². The minimum absolute atomic E-state index is 0. The highest BCUT2D eigenvalue weighted by Crippen LogP contribution is 1.96. The van der Waals surface area contributed by atoms with E-state index >= 15 is 0 Å². The Morgan fingerprint density at radius 3 is 2.50 bits per heavy atom. The zero-order chi connectivity index (χ0) is 7.28. The van der Waals surface area contributed by atoms with Crippen LogP contribution in [0.25, 0.3) is 0 Å². The van der Waals surface area contributed by atoms with Gasteiger partial charge in [-0.3, -0.25) is 4.79 Å². The molecule has 0 heterocycles. The summed E-state index contributed by atoms with van der Waals surface area (Å²) in [7, 11) is 0. The highest BCUT2D eigenvalue weighted by atomic mass is 16.4. The van der Waals surface area contributed by atoms with Gasteiger partial charge in [0.05, 0.1) is 0 Å². The molecule has 0 bridgehead atoms. The second kappa shape index (κ2) is 6.51. The van der Waals surface area contributed by atoms with Crippen molar-refractivity contribution in [1.29, 1.82) is 0 Å². The molecule has 0 aliphatic rings. The van der Waals surface area contributed by atoms with Crippen molar-refractivity contribution < 1.29 is 15.4 Å². The number of carboxylic acids is 1.